The van der Waals surface area contributed by atoms with Crippen LogP contribution in [0.5, 0.6) is 0 Å². The van der Waals surface area contributed by atoms with E-state index in [-0.39, 0.29) is 6.04 Å². The first-order valence-electron chi connectivity index (χ1n) is 8.38. The Kier molecular flexibility index (Phi) is 8.11. The zero-order valence-corrected chi connectivity index (χ0v) is 14.3. The molecule has 0 aromatic rings. The van der Waals surface area contributed by atoms with E-state index in [0.717, 1.165) is 19.4 Å². The van der Waals surface area contributed by atoms with Gasteiger partial charge in [-0.05, 0) is 44.1 Å². The Balaban J connectivity index is 2.57. The van der Waals surface area contributed by atoms with E-state index in [1.54, 1.807) is 0 Å². The summed E-state index contributed by atoms with van der Waals surface area (Å²) in [6, 6.07) is 0.174. The minimum atomic E-state index is -2.92. The topological polar surface area (TPSA) is 46.2 Å². The Bertz CT molecular complexity index is 345. The van der Waals surface area contributed by atoms with Crippen molar-refractivity contribution in [1.82, 2.24) is 5.32 Å². The second-order valence-corrected chi connectivity index (χ2v) is 8.98. The SMILES string of the molecule is CCCNC(CS(=O)(=O)CCC(C)C)C1CCCCC1. The molecule has 1 aliphatic carbocycles. The molecule has 0 radical (unpaired) electrons. The highest BCUT2D eigenvalue weighted by Gasteiger charge is 2.27. The van der Waals surface area contributed by atoms with Crippen molar-refractivity contribution in [3.05, 3.63) is 0 Å². The van der Waals surface area contributed by atoms with Crippen molar-refractivity contribution in [3.63, 3.8) is 0 Å². The minimum Gasteiger partial charge on any atom is -0.313 e. The van der Waals surface area contributed by atoms with Gasteiger partial charge in [-0.15, -0.1) is 0 Å². The molecule has 0 aromatic heterocycles. The van der Waals surface area contributed by atoms with Gasteiger partial charge in [-0.2, -0.15) is 0 Å². The van der Waals surface area contributed by atoms with Crippen LogP contribution in [-0.2, 0) is 9.84 Å². The first kappa shape index (κ1) is 18.0. The summed E-state index contributed by atoms with van der Waals surface area (Å²) in [5.74, 6) is 1.71. The van der Waals surface area contributed by atoms with Gasteiger partial charge in [0.25, 0.3) is 0 Å². The van der Waals surface area contributed by atoms with E-state index in [4.69, 9.17) is 0 Å². The van der Waals surface area contributed by atoms with E-state index in [9.17, 15) is 8.42 Å². The lowest BCUT2D eigenvalue weighted by molar-refractivity contribution is 0.283. The van der Waals surface area contributed by atoms with Crippen LogP contribution in [0.1, 0.15) is 65.7 Å². The summed E-state index contributed by atoms with van der Waals surface area (Å²) in [7, 11) is -2.92. The number of rotatable bonds is 9. The largest absolute Gasteiger partial charge is 0.313 e. The van der Waals surface area contributed by atoms with Gasteiger partial charge in [-0.3, -0.25) is 0 Å². The lowest BCUT2D eigenvalue weighted by Gasteiger charge is -2.31. The predicted molar refractivity (Wildman–Crippen MR) is 86.8 cm³/mol. The monoisotopic (exact) mass is 303 g/mol. The van der Waals surface area contributed by atoms with Crippen LogP contribution in [0.2, 0.25) is 0 Å². The molecule has 1 atom stereocenters. The van der Waals surface area contributed by atoms with Crippen LogP contribution < -0.4 is 5.32 Å². The molecule has 0 bridgehead atoms. The van der Waals surface area contributed by atoms with Crippen molar-refractivity contribution in [2.75, 3.05) is 18.1 Å². The maximum Gasteiger partial charge on any atom is 0.151 e. The standard InChI is InChI=1S/C16H33NO2S/c1-4-11-17-16(15-8-6-5-7-9-15)13-20(18,19)12-10-14(2)3/h14-17H,4-13H2,1-3H3. The fourth-order valence-electron chi connectivity index (χ4n) is 3.00. The molecule has 3 nitrogen and oxygen atoms in total. The van der Waals surface area contributed by atoms with Crippen molar-refractivity contribution < 1.29 is 8.42 Å². The van der Waals surface area contributed by atoms with Gasteiger partial charge in [-0.1, -0.05) is 40.0 Å². The molecular formula is C16H33NO2S. The van der Waals surface area contributed by atoms with Gasteiger partial charge in [0.1, 0.15) is 0 Å². The average Bonchev–Trinajstić information content (AvgIpc) is 2.42. The molecule has 0 spiro atoms. The number of hydrogen-bond donors (Lipinski definition) is 1. The summed E-state index contributed by atoms with van der Waals surface area (Å²) in [5.41, 5.74) is 0. The molecule has 1 aliphatic rings. The zero-order valence-electron chi connectivity index (χ0n) is 13.5. The Morgan fingerprint density at radius 1 is 1.15 bits per heavy atom. The Hall–Kier alpha value is -0.0900. The van der Waals surface area contributed by atoms with Crippen molar-refractivity contribution in [1.29, 1.82) is 0 Å². The van der Waals surface area contributed by atoms with Gasteiger partial charge in [0.15, 0.2) is 9.84 Å². The normalized spacial score (nSPS) is 19.4. The molecule has 1 rings (SSSR count). The van der Waals surface area contributed by atoms with Gasteiger partial charge >= 0.3 is 0 Å². The van der Waals surface area contributed by atoms with Gasteiger partial charge in [0, 0.05) is 6.04 Å². The number of nitrogens with one attached hydrogen (secondary N) is 1. The molecule has 0 amide bonds. The summed E-state index contributed by atoms with van der Waals surface area (Å²) in [4.78, 5) is 0. The third-order valence-electron chi connectivity index (χ3n) is 4.32. The van der Waals surface area contributed by atoms with Crippen LogP contribution in [0.25, 0.3) is 0 Å². The summed E-state index contributed by atoms with van der Waals surface area (Å²) >= 11 is 0. The predicted octanol–water partition coefficient (Wildman–Crippen LogP) is 3.40. The maximum atomic E-state index is 12.3. The number of hydrogen-bond acceptors (Lipinski definition) is 3. The Morgan fingerprint density at radius 3 is 2.35 bits per heavy atom. The zero-order chi connectivity index (χ0) is 15.0. The summed E-state index contributed by atoms with van der Waals surface area (Å²) in [6.45, 7) is 7.24. The van der Waals surface area contributed by atoms with Gasteiger partial charge in [-0.25, -0.2) is 8.42 Å². The third-order valence-corrected chi connectivity index (χ3v) is 6.04. The highest BCUT2D eigenvalue weighted by molar-refractivity contribution is 7.91. The molecule has 4 heteroatoms. The van der Waals surface area contributed by atoms with Crippen LogP contribution in [0.15, 0.2) is 0 Å². The van der Waals surface area contributed by atoms with Crippen LogP contribution in [-0.4, -0.2) is 32.5 Å². The molecule has 1 fully saturated rings. The van der Waals surface area contributed by atoms with E-state index < -0.39 is 9.84 Å². The highest BCUT2D eigenvalue weighted by atomic mass is 32.2. The molecule has 1 N–H and O–H groups in total. The molecule has 0 saturated heterocycles. The first-order chi connectivity index (χ1) is 9.44. The number of sulfone groups is 1. The summed E-state index contributed by atoms with van der Waals surface area (Å²) in [5, 5.41) is 3.50. The smallest absolute Gasteiger partial charge is 0.151 e. The van der Waals surface area contributed by atoms with Gasteiger partial charge in [0.05, 0.1) is 11.5 Å². The Morgan fingerprint density at radius 2 is 1.80 bits per heavy atom. The lowest BCUT2D eigenvalue weighted by Crippen LogP contribution is -2.43. The van der Waals surface area contributed by atoms with Gasteiger partial charge < -0.3 is 5.32 Å². The molecule has 0 aromatic carbocycles. The molecule has 0 heterocycles. The van der Waals surface area contributed by atoms with E-state index in [1.165, 1.54) is 32.1 Å². The first-order valence-corrected chi connectivity index (χ1v) is 10.2. The van der Waals surface area contributed by atoms with Crippen molar-refractivity contribution in [2.45, 2.75) is 71.8 Å². The van der Waals surface area contributed by atoms with E-state index in [1.807, 2.05) is 0 Å². The van der Waals surface area contributed by atoms with Crippen LogP contribution in [0.4, 0.5) is 0 Å². The van der Waals surface area contributed by atoms with E-state index in [0.29, 0.717) is 23.3 Å². The summed E-state index contributed by atoms with van der Waals surface area (Å²) in [6.07, 6.45) is 8.09. The second kappa shape index (κ2) is 9.04. The average molecular weight is 304 g/mol. The highest BCUT2D eigenvalue weighted by Crippen LogP contribution is 2.27. The fourth-order valence-corrected chi connectivity index (χ4v) is 4.93. The minimum absolute atomic E-state index is 0.174. The van der Waals surface area contributed by atoms with Crippen LogP contribution in [0.3, 0.4) is 0 Å². The van der Waals surface area contributed by atoms with Crippen molar-refractivity contribution in [3.8, 4) is 0 Å². The van der Waals surface area contributed by atoms with Crippen LogP contribution in [0, 0.1) is 11.8 Å². The van der Waals surface area contributed by atoms with Gasteiger partial charge in [0.2, 0.25) is 0 Å². The molecule has 1 saturated carbocycles. The molecule has 120 valence electrons. The molecular weight excluding hydrogens is 270 g/mol. The fraction of sp³-hybridized carbons (Fsp3) is 1.00. The van der Waals surface area contributed by atoms with E-state index >= 15 is 0 Å². The second-order valence-electron chi connectivity index (χ2n) is 6.76. The molecule has 0 aliphatic heterocycles. The molecule has 1 unspecified atom stereocenters. The lowest BCUT2D eigenvalue weighted by atomic mass is 9.84. The maximum absolute atomic E-state index is 12.3. The third kappa shape index (κ3) is 7.07. The van der Waals surface area contributed by atoms with Crippen molar-refractivity contribution >= 4 is 9.84 Å². The summed E-state index contributed by atoms with van der Waals surface area (Å²) < 4.78 is 24.6. The van der Waals surface area contributed by atoms with E-state index in [2.05, 4.69) is 26.1 Å². The quantitative estimate of drug-likeness (QED) is 0.710. The van der Waals surface area contributed by atoms with Crippen LogP contribution >= 0.6 is 0 Å². The Labute approximate surface area is 125 Å². The van der Waals surface area contributed by atoms with Crippen molar-refractivity contribution in [2.24, 2.45) is 11.8 Å². The molecule has 20 heavy (non-hydrogen) atoms.